The first-order chi connectivity index (χ1) is 9.47. The molecule has 0 radical (unpaired) electrons. The van der Waals surface area contributed by atoms with Crippen LogP contribution in [0.2, 0.25) is 0 Å². The molecule has 0 aliphatic rings. The molecule has 6 heteroatoms. The Bertz CT molecular complexity index is 627. The van der Waals surface area contributed by atoms with E-state index >= 15 is 0 Å². The molecule has 3 nitrogen and oxygen atoms in total. The normalized spacial score (nSPS) is 10.6. The van der Waals surface area contributed by atoms with Crippen LogP contribution < -0.4 is 4.74 Å². The van der Waals surface area contributed by atoms with Crippen LogP contribution in [-0.2, 0) is 0 Å². The predicted molar refractivity (Wildman–Crippen MR) is 73.2 cm³/mol. The van der Waals surface area contributed by atoms with Crippen LogP contribution in [0.3, 0.4) is 0 Å². The molecule has 1 N–H and O–H groups in total. The fourth-order valence-electron chi connectivity index (χ4n) is 1.72. The first-order valence-electron chi connectivity index (χ1n) is 5.55. The molecule has 20 heavy (non-hydrogen) atoms. The van der Waals surface area contributed by atoms with E-state index < -0.39 is 12.6 Å². The summed E-state index contributed by atoms with van der Waals surface area (Å²) < 4.78 is 30.1. The zero-order valence-corrected chi connectivity index (χ0v) is 11.6. The minimum Gasteiger partial charge on any atom is -0.478 e. The van der Waals surface area contributed by atoms with Crippen LogP contribution in [0.15, 0.2) is 46.9 Å². The Hall–Kier alpha value is -1.95. The Morgan fingerprint density at radius 1 is 1.15 bits per heavy atom. The van der Waals surface area contributed by atoms with Gasteiger partial charge in [-0.15, -0.1) is 0 Å². The van der Waals surface area contributed by atoms with E-state index in [-0.39, 0.29) is 11.3 Å². The fraction of sp³-hybridized carbons (Fsp3) is 0.0714. The highest BCUT2D eigenvalue weighted by Gasteiger charge is 2.14. The van der Waals surface area contributed by atoms with Gasteiger partial charge in [-0.1, -0.05) is 28.1 Å². The van der Waals surface area contributed by atoms with Gasteiger partial charge in [0.2, 0.25) is 0 Å². The number of carboxylic acid groups (broad SMARTS) is 1. The molecule has 0 unspecified atom stereocenters. The van der Waals surface area contributed by atoms with Crippen LogP contribution in [0.25, 0.3) is 11.1 Å². The number of hydrogen-bond donors (Lipinski definition) is 1. The summed E-state index contributed by atoms with van der Waals surface area (Å²) in [6.45, 7) is -3.02. The molecule has 0 fully saturated rings. The van der Waals surface area contributed by atoms with Crippen LogP contribution in [0.5, 0.6) is 5.75 Å². The Kier molecular flexibility index (Phi) is 4.34. The number of carbonyl (C=O) groups is 1. The highest BCUT2D eigenvalue weighted by atomic mass is 79.9. The van der Waals surface area contributed by atoms with Crippen molar-refractivity contribution in [2.45, 2.75) is 6.61 Å². The molecule has 104 valence electrons. The van der Waals surface area contributed by atoms with Crippen LogP contribution in [0.1, 0.15) is 10.4 Å². The topological polar surface area (TPSA) is 46.5 Å². The lowest BCUT2D eigenvalue weighted by molar-refractivity contribution is -0.0495. The van der Waals surface area contributed by atoms with Crippen LogP contribution in [-0.4, -0.2) is 17.7 Å². The van der Waals surface area contributed by atoms with Gasteiger partial charge in [0.05, 0.1) is 5.56 Å². The van der Waals surface area contributed by atoms with E-state index in [9.17, 15) is 13.6 Å². The fourth-order valence-corrected chi connectivity index (χ4v) is 1.98. The molecule has 0 atom stereocenters. The van der Waals surface area contributed by atoms with Gasteiger partial charge in [-0.3, -0.25) is 0 Å². The van der Waals surface area contributed by atoms with Crippen LogP contribution in [0.4, 0.5) is 8.78 Å². The zero-order chi connectivity index (χ0) is 14.7. The molecule has 0 bridgehead atoms. The predicted octanol–water partition coefficient (Wildman–Crippen LogP) is 4.42. The average molecular weight is 343 g/mol. The van der Waals surface area contributed by atoms with E-state index in [0.717, 1.165) is 10.5 Å². The smallest absolute Gasteiger partial charge is 0.387 e. The van der Waals surface area contributed by atoms with Crippen molar-refractivity contribution < 1.29 is 23.4 Å². The molecule has 0 aliphatic heterocycles. The van der Waals surface area contributed by atoms with E-state index in [1.165, 1.54) is 12.1 Å². The molecular weight excluding hydrogens is 334 g/mol. The van der Waals surface area contributed by atoms with Crippen molar-refractivity contribution in [2.24, 2.45) is 0 Å². The van der Waals surface area contributed by atoms with Crippen molar-refractivity contribution >= 4 is 21.9 Å². The number of ether oxygens (including phenoxy) is 1. The quantitative estimate of drug-likeness (QED) is 0.894. The number of benzene rings is 2. The lowest BCUT2D eigenvalue weighted by Crippen LogP contribution is -2.05. The third kappa shape index (κ3) is 3.33. The third-order valence-electron chi connectivity index (χ3n) is 2.60. The van der Waals surface area contributed by atoms with Crippen LogP contribution in [0, 0.1) is 0 Å². The first kappa shape index (κ1) is 14.5. The summed E-state index contributed by atoms with van der Waals surface area (Å²) in [4.78, 5) is 10.9. The molecule has 0 heterocycles. The van der Waals surface area contributed by atoms with Gasteiger partial charge in [0.25, 0.3) is 0 Å². The second-order valence-electron chi connectivity index (χ2n) is 3.90. The highest BCUT2D eigenvalue weighted by molar-refractivity contribution is 9.10. The van der Waals surface area contributed by atoms with Crippen molar-refractivity contribution in [1.82, 2.24) is 0 Å². The van der Waals surface area contributed by atoms with Crippen molar-refractivity contribution in [2.75, 3.05) is 0 Å². The van der Waals surface area contributed by atoms with Gasteiger partial charge in [-0.05, 0) is 35.9 Å². The van der Waals surface area contributed by atoms with Gasteiger partial charge < -0.3 is 9.84 Å². The Morgan fingerprint density at radius 3 is 2.35 bits per heavy atom. The SMILES string of the molecule is O=C(O)c1ccc(-c2ccc(Br)cc2)c(OC(F)F)c1. The van der Waals surface area contributed by atoms with Gasteiger partial charge >= 0.3 is 12.6 Å². The summed E-state index contributed by atoms with van der Waals surface area (Å²) in [5, 5.41) is 8.89. The van der Waals surface area contributed by atoms with Crippen molar-refractivity contribution in [1.29, 1.82) is 0 Å². The molecule has 0 spiro atoms. The largest absolute Gasteiger partial charge is 0.478 e. The van der Waals surface area contributed by atoms with E-state index in [1.807, 2.05) is 0 Å². The number of hydrogen-bond acceptors (Lipinski definition) is 2. The number of halogens is 3. The molecule has 2 rings (SSSR count). The summed E-state index contributed by atoms with van der Waals surface area (Å²) in [5.74, 6) is -1.37. The standard InChI is InChI=1S/C14H9BrF2O3/c15-10-4-1-8(2-5-10)11-6-3-9(13(18)19)7-12(11)20-14(16)17/h1-7,14H,(H,18,19). The monoisotopic (exact) mass is 342 g/mol. The zero-order valence-electron chi connectivity index (χ0n) is 10.0. The van der Waals surface area contributed by atoms with Crippen molar-refractivity contribution in [3.63, 3.8) is 0 Å². The second kappa shape index (κ2) is 6.00. The van der Waals surface area contributed by atoms with Gasteiger partial charge in [0.15, 0.2) is 0 Å². The number of aromatic carboxylic acids is 1. The molecule has 0 saturated heterocycles. The number of carboxylic acids is 1. The molecule has 2 aromatic rings. The lowest BCUT2D eigenvalue weighted by Gasteiger charge is -2.12. The minimum absolute atomic E-state index is 0.110. The molecule has 0 amide bonds. The van der Waals surface area contributed by atoms with Crippen molar-refractivity contribution in [3.8, 4) is 16.9 Å². The highest BCUT2D eigenvalue weighted by Crippen LogP contribution is 2.32. The summed E-state index contributed by atoms with van der Waals surface area (Å²) in [6.07, 6.45) is 0. The number of rotatable bonds is 4. The molecule has 0 aromatic heterocycles. The minimum atomic E-state index is -3.02. The van der Waals surface area contributed by atoms with Gasteiger partial charge in [-0.2, -0.15) is 8.78 Å². The van der Waals surface area contributed by atoms with E-state index in [1.54, 1.807) is 24.3 Å². The summed E-state index contributed by atoms with van der Waals surface area (Å²) in [6, 6.07) is 10.8. The maximum atomic E-state index is 12.4. The maximum absolute atomic E-state index is 12.4. The third-order valence-corrected chi connectivity index (χ3v) is 3.13. The van der Waals surface area contributed by atoms with Crippen molar-refractivity contribution in [3.05, 3.63) is 52.5 Å². The molecular formula is C14H9BrF2O3. The van der Waals surface area contributed by atoms with Gasteiger partial charge in [0.1, 0.15) is 5.75 Å². The van der Waals surface area contributed by atoms with E-state index in [4.69, 9.17) is 5.11 Å². The Balaban J connectivity index is 2.50. The average Bonchev–Trinajstić information content (AvgIpc) is 2.39. The van der Waals surface area contributed by atoms with E-state index in [0.29, 0.717) is 11.1 Å². The molecule has 2 aromatic carbocycles. The second-order valence-corrected chi connectivity index (χ2v) is 4.82. The Labute approximate surface area is 121 Å². The Morgan fingerprint density at radius 2 is 1.80 bits per heavy atom. The van der Waals surface area contributed by atoms with E-state index in [2.05, 4.69) is 20.7 Å². The molecule has 0 aliphatic carbocycles. The van der Waals surface area contributed by atoms with Gasteiger partial charge in [0, 0.05) is 10.0 Å². The molecule has 0 saturated carbocycles. The number of alkyl halides is 2. The summed E-state index contributed by atoms with van der Waals surface area (Å²) in [7, 11) is 0. The maximum Gasteiger partial charge on any atom is 0.387 e. The van der Waals surface area contributed by atoms with Gasteiger partial charge in [-0.25, -0.2) is 4.79 Å². The summed E-state index contributed by atoms with van der Waals surface area (Å²) >= 11 is 3.28. The first-order valence-corrected chi connectivity index (χ1v) is 6.35. The van der Waals surface area contributed by atoms with Crippen LogP contribution >= 0.6 is 15.9 Å². The summed E-state index contributed by atoms with van der Waals surface area (Å²) in [5.41, 5.74) is 0.949. The lowest BCUT2D eigenvalue weighted by atomic mass is 10.0.